The molecule has 23 heavy (non-hydrogen) atoms. The molecule has 1 aliphatic rings. The standard InChI is InChI=1S/C17H20ClN3OS/c1-10(9-19)16(22)21-17-20-15(11-6-7-11)14(23-17)8-12-4-2-3-5-13(12)18/h2-5,10-11H,6-9,19H2,1H3,(H,20,21,22). The lowest BCUT2D eigenvalue weighted by Crippen LogP contribution is -2.26. The molecule has 1 saturated carbocycles. The predicted molar refractivity (Wildman–Crippen MR) is 95.2 cm³/mol. The van der Waals surface area contributed by atoms with Gasteiger partial charge in [-0.1, -0.05) is 36.7 Å². The minimum absolute atomic E-state index is 0.0760. The number of carbonyl (C=O) groups excluding carboxylic acids is 1. The van der Waals surface area contributed by atoms with Crippen molar-refractivity contribution in [3.63, 3.8) is 0 Å². The van der Waals surface area contributed by atoms with E-state index in [0.717, 1.165) is 22.7 Å². The van der Waals surface area contributed by atoms with Crippen molar-refractivity contribution in [2.75, 3.05) is 11.9 Å². The van der Waals surface area contributed by atoms with Crippen molar-refractivity contribution in [3.8, 4) is 0 Å². The van der Waals surface area contributed by atoms with Crippen LogP contribution in [0.2, 0.25) is 5.02 Å². The lowest BCUT2D eigenvalue weighted by atomic mass is 10.1. The summed E-state index contributed by atoms with van der Waals surface area (Å²) in [6, 6.07) is 7.86. The highest BCUT2D eigenvalue weighted by atomic mass is 35.5. The van der Waals surface area contributed by atoms with Gasteiger partial charge in [-0.3, -0.25) is 4.79 Å². The number of nitrogens with one attached hydrogen (secondary N) is 1. The van der Waals surface area contributed by atoms with E-state index in [1.807, 2.05) is 31.2 Å². The Morgan fingerprint density at radius 2 is 2.22 bits per heavy atom. The maximum absolute atomic E-state index is 12.0. The predicted octanol–water partition coefficient (Wildman–Crippen LogP) is 3.80. The van der Waals surface area contributed by atoms with Crippen molar-refractivity contribution >= 4 is 34.0 Å². The molecule has 1 aliphatic carbocycles. The zero-order valence-corrected chi connectivity index (χ0v) is 14.6. The van der Waals surface area contributed by atoms with Crippen LogP contribution in [-0.4, -0.2) is 17.4 Å². The van der Waals surface area contributed by atoms with E-state index in [4.69, 9.17) is 17.3 Å². The molecule has 3 rings (SSSR count). The zero-order chi connectivity index (χ0) is 16.4. The van der Waals surface area contributed by atoms with Gasteiger partial charge in [0.2, 0.25) is 5.91 Å². The van der Waals surface area contributed by atoms with Crippen LogP contribution >= 0.6 is 22.9 Å². The molecule has 122 valence electrons. The second kappa shape index (κ2) is 6.99. The highest BCUT2D eigenvalue weighted by molar-refractivity contribution is 7.15. The molecule has 6 heteroatoms. The summed E-state index contributed by atoms with van der Waals surface area (Å²) < 4.78 is 0. The average molecular weight is 350 g/mol. The molecule has 0 aliphatic heterocycles. The Kier molecular flexibility index (Phi) is 4.99. The summed E-state index contributed by atoms with van der Waals surface area (Å²) in [4.78, 5) is 17.9. The van der Waals surface area contributed by atoms with Crippen LogP contribution in [-0.2, 0) is 11.2 Å². The summed E-state index contributed by atoms with van der Waals surface area (Å²) in [5.74, 6) is 0.240. The first-order valence-electron chi connectivity index (χ1n) is 7.82. The Labute approximate surface area is 145 Å². The quantitative estimate of drug-likeness (QED) is 0.833. The van der Waals surface area contributed by atoms with Crippen LogP contribution in [0.4, 0.5) is 5.13 Å². The zero-order valence-electron chi connectivity index (χ0n) is 13.0. The van der Waals surface area contributed by atoms with Crippen LogP contribution in [0.15, 0.2) is 24.3 Å². The normalized spacial score (nSPS) is 15.4. The maximum Gasteiger partial charge on any atom is 0.230 e. The lowest BCUT2D eigenvalue weighted by molar-refractivity contribution is -0.119. The number of nitrogens with zero attached hydrogens (tertiary/aromatic N) is 1. The molecule has 1 amide bonds. The Balaban J connectivity index is 1.82. The van der Waals surface area contributed by atoms with Gasteiger partial charge in [0.1, 0.15) is 0 Å². The Morgan fingerprint density at radius 1 is 1.48 bits per heavy atom. The molecular weight excluding hydrogens is 330 g/mol. The van der Waals surface area contributed by atoms with Gasteiger partial charge in [-0.05, 0) is 24.5 Å². The molecule has 0 bridgehead atoms. The van der Waals surface area contributed by atoms with Gasteiger partial charge < -0.3 is 11.1 Å². The number of anilines is 1. The van der Waals surface area contributed by atoms with Gasteiger partial charge in [-0.15, -0.1) is 11.3 Å². The van der Waals surface area contributed by atoms with Gasteiger partial charge in [0.25, 0.3) is 0 Å². The first kappa shape index (κ1) is 16.4. The highest BCUT2D eigenvalue weighted by Gasteiger charge is 2.30. The molecule has 2 aromatic rings. The van der Waals surface area contributed by atoms with E-state index in [2.05, 4.69) is 10.3 Å². The van der Waals surface area contributed by atoms with Crippen LogP contribution in [0.25, 0.3) is 0 Å². The first-order chi connectivity index (χ1) is 11.1. The fraction of sp³-hybridized carbons (Fsp3) is 0.412. The monoisotopic (exact) mass is 349 g/mol. The summed E-state index contributed by atoms with van der Waals surface area (Å²) in [6.07, 6.45) is 3.10. The molecule has 0 radical (unpaired) electrons. The molecule has 0 saturated heterocycles. The molecular formula is C17H20ClN3OS. The summed E-state index contributed by atoms with van der Waals surface area (Å²) in [5, 5.41) is 4.33. The summed E-state index contributed by atoms with van der Waals surface area (Å²) >= 11 is 7.82. The third-order valence-electron chi connectivity index (χ3n) is 4.03. The van der Waals surface area contributed by atoms with E-state index in [1.165, 1.54) is 17.7 Å². The van der Waals surface area contributed by atoms with Gasteiger partial charge >= 0.3 is 0 Å². The van der Waals surface area contributed by atoms with Crippen molar-refractivity contribution in [2.45, 2.75) is 32.1 Å². The van der Waals surface area contributed by atoms with Gasteiger partial charge in [0.15, 0.2) is 5.13 Å². The van der Waals surface area contributed by atoms with E-state index >= 15 is 0 Å². The van der Waals surface area contributed by atoms with Gasteiger partial charge in [-0.25, -0.2) is 4.98 Å². The fourth-order valence-corrected chi connectivity index (χ4v) is 3.65. The van der Waals surface area contributed by atoms with E-state index in [9.17, 15) is 4.79 Å². The fourth-order valence-electron chi connectivity index (χ4n) is 2.37. The summed E-state index contributed by atoms with van der Waals surface area (Å²) in [5.41, 5.74) is 7.75. The van der Waals surface area contributed by atoms with Crippen LogP contribution in [0.5, 0.6) is 0 Å². The van der Waals surface area contributed by atoms with Crippen molar-refractivity contribution in [2.24, 2.45) is 11.7 Å². The molecule has 1 heterocycles. The third kappa shape index (κ3) is 3.91. The van der Waals surface area contributed by atoms with Crippen LogP contribution in [0.1, 0.15) is 41.8 Å². The van der Waals surface area contributed by atoms with E-state index in [-0.39, 0.29) is 11.8 Å². The number of hydrogen-bond donors (Lipinski definition) is 2. The van der Waals surface area contributed by atoms with Crippen molar-refractivity contribution in [1.29, 1.82) is 0 Å². The largest absolute Gasteiger partial charge is 0.330 e. The van der Waals surface area contributed by atoms with E-state index in [0.29, 0.717) is 17.6 Å². The average Bonchev–Trinajstić information content (AvgIpc) is 3.31. The smallest absolute Gasteiger partial charge is 0.230 e. The molecule has 4 nitrogen and oxygen atoms in total. The topological polar surface area (TPSA) is 68.0 Å². The van der Waals surface area contributed by atoms with Crippen molar-refractivity contribution < 1.29 is 4.79 Å². The number of hydrogen-bond acceptors (Lipinski definition) is 4. The second-order valence-electron chi connectivity index (χ2n) is 6.00. The lowest BCUT2D eigenvalue weighted by Gasteiger charge is -2.06. The maximum atomic E-state index is 12.0. The number of thiazole rings is 1. The summed E-state index contributed by atoms with van der Waals surface area (Å²) in [6.45, 7) is 2.15. The molecule has 1 unspecified atom stereocenters. The number of aromatic nitrogens is 1. The van der Waals surface area contributed by atoms with Crippen LogP contribution in [0, 0.1) is 5.92 Å². The number of carbonyl (C=O) groups is 1. The number of halogens is 1. The highest BCUT2D eigenvalue weighted by Crippen LogP contribution is 2.44. The van der Waals surface area contributed by atoms with Gasteiger partial charge in [-0.2, -0.15) is 0 Å². The number of rotatable bonds is 6. The van der Waals surface area contributed by atoms with Gasteiger partial charge in [0.05, 0.1) is 5.69 Å². The first-order valence-corrected chi connectivity index (χ1v) is 9.02. The molecule has 1 aromatic carbocycles. The third-order valence-corrected chi connectivity index (χ3v) is 5.39. The van der Waals surface area contributed by atoms with Crippen molar-refractivity contribution in [1.82, 2.24) is 4.98 Å². The number of benzene rings is 1. The minimum Gasteiger partial charge on any atom is -0.330 e. The number of amides is 1. The van der Waals surface area contributed by atoms with E-state index < -0.39 is 0 Å². The second-order valence-corrected chi connectivity index (χ2v) is 7.49. The number of nitrogens with two attached hydrogens (primary N) is 1. The molecule has 1 aromatic heterocycles. The summed E-state index contributed by atoms with van der Waals surface area (Å²) in [7, 11) is 0. The minimum atomic E-state index is -0.213. The van der Waals surface area contributed by atoms with Crippen molar-refractivity contribution in [3.05, 3.63) is 45.4 Å². The molecule has 1 atom stereocenters. The Bertz CT molecular complexity index is 712. The molecule has 0 spiro atoms. The Morgan fingerprint density at radius 3 is 2.87 bits per heavy atom. The Hall–Kier alpha value is -1.43. The SMILES string of the molecule is CC(CN)C(=O)Nc1nc(C2CC2)c(Cc2ccccc2Cl)s1. The van der Waals surface area contributed by atoms with E-state index in [1.54, 1.807) is 11.3 Å². The van der Waals surface area contributed by atoms with Crippen LogP contribution in [0.3, 0.4) is 0 Å². The molecule has 1 fully saturated rings. The molecule has 3 N–H and O–H groups in total. The van der Waals surface area contributed by atoms with Gasteiger partial charge in [0, 0.05) is 34.7 Å². The van der Waals surface area contributed by atoms with Crippen LogP contribution < -0.4 is 11.1 Å².